The zero-order chi connectivity index (χ0) is 17.8. The van der Waals surface area contributed by atoms with Crippen molar-refractivity contribution in [3.63, 3.8) is 0 Å². The number of methoxy groups -OCH3 is 2. The smallest absolute Gasteiger partial charge is 0.251 e. The first-order chi connectivity index (χ1) is 12.2. The second kappa shape index (κ2) is 7.47. The van der Waals surface area contributed by atoms with Gasteiger partial charge < -0.3 is 19.5 Å². The van der Waals surface area contributed by atoms with Crippen molar-refractivity contribution in [3.05, 3.63) is 53.1 Å². The van der Waals surface area contributed by atoms with Crippen molar-refractivity contribution in [1.82, 2.24) is 5.32 Å². The van der Waals surface area contributed by atoms with E-state index in [0.29, 0.717) is 18.1 Å². The van der Waals surface area contributed by atoms with Crippen LogP contribution >= 0.6 is 0 Å². The molecule has 25 heavy (non-hydrogen) atoms. The summed E-state index contributed by atoms with van der Waals surface area (Å²) in [5, 5.41) is 2.66. The molecular formula is C20H23NO4. The molecule has 5 nitrogen and oxygen atoms in total. The standard InChI is InChI=1S/C20H23NO4/c1-21-20(22)15-7-8-17(23-2)16(11-15)10-13-9-14-5-4-6-18(24-3)19(14)25-12-13/h4-8,11,13H,9-10,12H2,1-3H3,(H,21,22)/t13-/m0/s1. The molecule has 0 radical (unpaired) electrons. The van der Waals surface area contributed by atoms with Crippen LogP contribution < -0.4 is 19.5 Å². The van der Waals surface area contributed by atoms with Gasteiger partial charge in [-0.05, 0) is 48.2 Å². The predicted molar refractivity (Wildman–Crippen MR) is 95.8 cm³/mol. The summed E-state index contributed by atoms with van der Waals surface area (Å²) in [6.07, 6.45) is 1.69. The molecule has 0 saturated heterocycles. The van der Waals surface area contributed by atoms with Crippen LogP contribution in [0.3, 0.4) is 0 Å². The van der Waals surface area contributed by atoms with Crippen LogP contribution in [0.5, 0.6) is 17.2 Å². The molecule has 1 N–H and O–H groups in total. The fourth-order valence-electron chi connectivity index (χ4n) is 3.28. The Labute approximate surface area is 147 Å². The van der Waals surface area contributed by atoms with Gasteiger partial charge in [-0.1, -0.05) is 12.1 Å². The Morgan fingerprint density at radius 1 is 1.20 bits per heavy atom. The largest absolute Gasteiger partial charge is 0.496 e. The van der Waals surface area contributed by atoms with Crippen molar-refractivity contribution in [1.29, 1.82) is 0 Å². The van der Waals surface area contributed by atoms with E-state index in [-0.39, 0.29) is 5.91 Å². The summed E-state index contributed by atoms with van der Waals surface area (Å²) in [6, 6.07) is 11.5. The fourth-order valence-corrected chi connectivity index (χ4v) is 3.28. The first-order valence-electron chi connectivity index (χ1n) is 8.34. The van der Waals surface area contributed by atoms with Crippen molar-refractivity contribution >= 4 is 5.91 Å². The number of ether oxygens (including phenoxy) is 3. The first kappa shape index (κ1) is 17.1. The third kappa shape index (κ3) is 3.55. The Kier molecular flexibility index (Phi) is 5.12. The minimum absolute atomic E-state index is 0.0983. The van der Waals surface area contributed by atoms with E-state index >= 15 is 0 Å². The zero-order valence-corrected chi connectivity index (χ0v) is 14.8. The molecule has 0 bridgehead atoms. The van der Waals surface area contributed by atoms with E-state index in [2.05, 4.69) is 11.4 Å². The molecule has 132 valence electrons. The number of hydrogen-bond acceptors (Lipinski definition) is 4. The van der Waals surface area contributed by atoms with Gasteiger partial charge in [-0.25, -0.2) is 0 Å². The van der Waals surface area contributed by atoms with Crippen molar-refractivity contribution in [2.75, 3.05) is 27.9 Å². The molecule has 2 aromatic rings. The van der Waals surface area contributed by atoms with E-state index in [1.165, 1.54) is 0 Å². The Morgan fingerprint density at radius 3 is 2.72 bits per heavy atom. The molecule has 3 rings (SSSR count). The SMILES string of the molecule is CNC(=O)c1ccc(OC)c(C[C@H]2COc3c(cccc3OC)C2)c1. The molecule has 0 fully saturated rings. The summed E-state index contributed by atoms with van der Waals surface area (Å²) < 4.78 is 16.8. The van der Waals surface area contributed by atoms with Crippen LogP contribution in [0.15, 0.2) is 36.4 Å². The molecule has 0 aliphatic carbocycles. The number of carbonyl (C=O) groups excluding carboxylic acids is 1. The third-order valence-electron chi connectivity index (χ3n) is 4.53. The van der Waals surface area contributed by atoms with Gasteiger partial charge in [0.2, 0.25) is 0 Å². The Hall–Kier alpha value is -2.69. The van der Waals surface area contributed by atoms with E-state index in [1.54, 1.807) is 27.3 Å². The number of amides is 1. The number of para-hydroxylation sites is 1. The summed E-state index contributed by atoms with van der Waals surface area (Å²) in [7, 11) is 4.93. The van der Waals surface area contributed by atoms with Gasteiger partial charge in [0, 0.05) is 18.5 Å². The van der Waals surface area contributed by atoms with Crippen molar-refractivity contribution < 1.29 is 19.0 Å². The normalized spacial score (nSPS) is 15.7. The van der Waals surface area contributed by atoms with Gasteiger partial charge >= 0.3 is 0 Å². The number of carbonyl (C=O) groups is 1. The Balaban J connectivity index is 1.82. The second-order valence-corrected chi connectivity index (χ2v) is 6.14. The summed E-state index contributed by atoms with van der Waals surface area (Å²) in [5.41, 5.74) is 2.80. The number of fused-ring (bicyclic) bond motifs is 1. The van der Waals surface area contributed by atoms with Gasteiger partial charge in [-0.3, -0.25) is 4.79 Å². The van der Waals surface area contributed by atoms with E-state index in [1.807, 2.05) is 24.3 Å². The summed E-state index contributed by atoms with van der Waals surface area (Å²) in [5.74, 6) is 2.62. The lowest BCUT2D eigenvalue weighted by Crippen LogP contribution is -2.24. The van der Waals surface area contributed by atoms with Crippen LogP contribution in [-0.4, -0.2) is 33.8 Å². The molecule has 1 atom stereocenters. The van der Waals surface area contributed by atoms with Crippen LogP contribution in [0.25, 0.3) is 0 Å². The molecule has 1 heterocycles. The number of benzene rings is 2. The number of nitrogens with one attached hydrogen (secondary N) is 1. The minimum atomic E-state index is -0.0983. The molecule has 0 saturated carbocycles. The van der Waals surface area contributed by atoms with Crippen LogP contribution in [0, 0.1) is 5.92 Å². The quantitative estimate of drug-likeness (QED) is 0.909. The average molecular weight is 341 g/mol. The lowest BCUT2D eigenvalue weighted by Gasteiger charge is -2.27. The molecule has 0 spiro atoms. The monoisotopic (exact) mass is 341 g/mol. The molecule has 2 aromatic carbocycles. The first-order valence-corrected chi connectivity index (χ1v) is 8.34. The van der Waals surface area contributed by atoms with Crippen molar-refractivity contribution in [3.8, 4) is 17.2 Å². The van der Waals surface area contributed by atoms with Gasteiger partial charge in [-0.2, -0.15) is 0 Å². The lowest BCUT2D eigenvalue weighted by atomic mass is 9.90. The van der Waals surface area contributed by atoms with Crippen LogP contribution in [0.4, 0.5) is 0 Å². The molecule has 1 amide bonds. The summed E-state index contributed by atoms with van der Waals surface area (Å²) in [6.45, 7) is 0.612. The van der Waals surface area contributed by atoms with E-state index in [4.69, 9.17) is 14.2 Å². The Morgan fingerprint density at radius 2 is 2.00 bits per heavy atom. The maximum Gasteiger partial charge on any atom is 0.251 e. The molecule has 1 aliphatic rings. The molecule has 0 unspecified atom stereocenters. The minimum Gasteiger partial charge on any atom is -0.496 e. The molecule has 5 heteroatoms. The molecule has 1 aliphatic heterocycles. The second-order valence-electron chi connectivity index (χ2n) is 6.14. The maximum atomic E-state index is 11.9. The predicted octanol–water partition coefficient (Wildman–Crippen LogP) is 2.86. The number of rotatable bonds is 5. The van der Waals surface area contributed by atoms with E-state index in [0.717, 1.165) is 41.2 Å². The van der Waals surface area contributed by atoms with Crippen LogP contribution in [0.1, 0.15) is 21.5 Å². The van der Waals surface area contributed by atoms with Gasteiger partial charge in [0.25, 0.3) is 5.91 Å². The van der Waals surface area contributed by atoms with Gasteiger partial charge in [0.1, 0.15) is 5.75 Å². The summed E-state index contributed by atoms with van der Waals surface area (Å²) in [4.78, 5) is 11.9. The average Bonchev–Trinajstić information content (AvgIpc) is 2.66. The van der Waals surface area contributed by atoms with Gasteiger partial charge in [-0.15, -0.1) is 0 Å². The zero-order valence-electron chi connectivity index (χ0n) is 14.8. The van der Waals surface area contributed by atoms with Crippen LogP contribution in [-0.2, 0) is 12.8 Å². The highest BCUT2D eigenvalue weighted by Gasteiger charge is 2.24. The highest BCUT2D eigenvalue weighted by atomic mass is 16.5. The van der Waals surface area contributed by atoms with Gasteiger partial charge in [0.15, 0.2) is 11.5 Å². The van der Waals surface area contributed by atoms with Crippen molar-refractivity contribution in [2.24, 2.45) is 5.92 Å². The highest BCUT2D eigenvalue weighted by molar-refractivity contribution is 5.94. The number of hydrogen-bond donors (Lipinski definition) is 1. The lowest BCUT2D eigenvalue weighted by molar-refractivity contribution is 0.0963. The highest BCUT2D eigenvalue weighted by Crippen LogP contribution is 2.37. The van der Waals surface area contributed by atoms with E-state index < -0.39 is 0 Å². The fraction of sp³-hybridized carbons (Fsp3) is 0.350. The topological polar surface area (TPSA) is 56.8 Å². The molecule has 0 aromatic heterocycles. The van der Waals surface area contributed by atoms with Gasteiger partial charge in [0.05, 0.1) is 20.8 Å². The maximum absolute atomic E-state index is 11.9. The molecular weight excluding hydrogens is 318 g/mol. The Bertz CT molecular complexity index is 772. The van der Waals surface area contributed by atoms with E-state index in [9.17, 15) is 4.79 Å². The summed E-state index contributed by atoms with van der Waals surface area (Å²) >= 11 is 0. The van der Waals surface area contributed by atoms with Crippen LogP contribution in [0.2, 0.25) is 0 Å². The van der Waals surface area contributed by atoms with Crippen molar-refractivity contribution in [2.45, 2.75) is 12.8 Å². The third-order valence-corrected chi connectivity index (χ3v) is 4.53.